The molecule has 5 heteroatoms. The molecule has 1 N–H and O–H groups in total. The Hall–Kier alpha value is -2.01. The topological polar surface area (TPSA) is 64.1 Å². The zero-order valence-corrected chi connectivity index (χ0v) is 9.09. The summed E-state index contributed by atoms with van der Waals surface area (Å²) in [6.07, 6.45) is 3.19. The predicted octanol–water partition coefficient (Wildman–Crippen LogP) is 0.758. The molecule has 1 amide bonds. The zero-order chi connectivity index (χ0) is 11.7. The van der Waals surface area contributed by atoms with Crippen LogP contribution in [0.2, 0.25) is 0 Å². The van der Waals surface area contributed by atoms with E-state index in [1.165, 1.54) is 6.33 Å². The van der Waals surface area contributed by atoms with Crippen LogP contribution < -0.4 is 5.32 Å². The molecule has 0 saturated carbocycles. The number of benzene rings is 1. The number of hydrogen-bond donors (Lipinski definition) is 1. The predicted molar refractivity (Wildman–Crippen MR) is 61.6 cm³/mol. The molecule has 2 aromatic rings. The van der Waals surface area contributed by atoms with Gasteiger partial charge in [0.05, 0.1) is 24.8 Å². The van der Waals surface area contributed by atoms with E-state index in [0.717, 1.165) is 10.9 Å². The Labute approximate surface area is 97.8 Å². The first-order valence-corrected chi connectivity index (χ1v) is 5.41. The van der Waals surface area contributed by atoms with E-state index in [-0.39, 0.29) is 11.9 Å². The van der Waals surface area contributed by atoms with Gasteiger partial charge in [0.1, 0.15) is 6.33 Å². The second kappa shape index (κ2) is 4.10. The number of amides is 1. The first kappa shape index (κ1) is 10.2. The van der Waals surface area contributed by atoms with E-state index < -0.39 is 0 Å². The molecule has 1 saturated heterocycles. The van der Waals surface area contributed by atoms with Gasteiger partial charge >= 0.3 is 0 Å². The van der Waals surface area contributed by atoms with E-state index in [2.05, 4.69) is 15.3 Å². The quantitative estimate of drug-likeness (QED) is 0.825. The second-order valence-electron chi connectivity index (χ2n) is 4.00. The number of carbonyl (C=O) groups is 1. The number of fused-ring (bicyclic) bond motifs is 1. The van der Waals surface area contributed by atoms with Crippen molar-refractivity contribution in [2.75, 3.05) is 13.2 Å². The Bertz CT molecular complexity index is 566. The molecular weight excluding hydrogens is 218 g/mol. The highest BCUT2D eigenvalue weighted by atomic mass is 16.5. The van der Waals surface area contributed by atoms with Gasteiger partial charge in [-0.2, -0.15) is 0 Å². The third kappa shape index (κ3) is 1.97. The summed E-state index contributed by atoms with van der Waals surface area (Å²) in [6, 6.07) is 5.53. The maximum atomic E-state index is 11.9. The lowest BCUT2D eigenvalue weighted by molar-refractivity contribution is -0.00346. The molecule has 1 aromatic carbocycles. The standard InChI is InChI=1S/C12H11N3O2/c16-12(15-10-5-17-6-10)8-1-2-11-9(3-8)4-13-7-14-11/h1-4,7,10H,5-6H2,(H,15,16). The Morgan fingerprint density at radius 1 is 1.41 bits per heavy atom. The third-order valence-electron chi connectivity index (χ3n) is 2.74. The maximum absolute atomic E-state index is 11.9. The van der Waals surface area contributed by atoms with Gasteiger partial charge in [0, 0.05) is 17.1 Å². The Morgan fingerprint density at radius 3 is 3.06 bits per heavy atom. The van der Waals surface area contributed by atoms with Crippen LogP contribution in [0.25, 0.3) is 10.9 Å². The molecule has 86 valence electrons. The summed E-state index contributed by atoms with van der Waals surface area (Å²) >= 11 is 0. The van der Waals surface area contributed by atoms with E-state index in [9.17, 15) is 4.79 Å². The fourth-order valence-electron chi connectivity index (χ4n) is 1.71. The maximum Gasteiger partial charge on any atom is 0.251 e. The van der Waals surface area contributed by atoms with Crippen LogP contribution in [-0.4, -0.2) is 35.1 Å². The molecule has 0 unspecified atom stereocenters. The highest BCUT2D eigenvalue weighted by molar-refractivity contribution is 5.97. The largest absolute Gasteiger partial charge is 0.377 e. The summed E-state index contributed by atoms with van der Waals surface area (Å²) in [5, 5.41) is 3.76. The van der Waals surface area contributed by atoms with E-state index in [1.807, 2.05) is 6.07 Å². The molecule has 0 radical (unpaired) electrons. The lowest BCUT2D eigenvalue weighted by atomic mass is 10.1. The van der Waals surface area contributed by atoms with Crippen molar-refractivity contribution in [1.82, 2.24) is 15.3 Å². The van der Waals surface area contributed by atoms with E-state index in [1.54, 1.807) is 18.3 Å². The summed E-state index contributed by atoms with van der Waals surface area (Å²) in [6.45, 7) is 1.20. The van der Waals surface area contributed by atoms with Crippen molar-refractivity contribution in [3.05, 3.63) is 36.3 Å². The Balaban J connectivity index is 1.86. The van der Waals surface area contributed by atoms with Crippen LogP contribution >= 0.6 is 0 Å². The van der Waals surface area contributed by atoms with Gasteiger partial charge in [-0.15, -0.1) is 0 Å². The first-order valence-electron chi connectivity index (χ1n) is 5.41. The van der Waals surface area contributed by atoms with Crippen molar-refractivity contribution in [3.63, 3.8) is 0 Å². The molecule has 5 nitrogen and oxygen atoms in total. The molecule has 2 heterocycles. The minimum atomic E-state index is -0.0796. The normalized spacial score (nSPS) is 15.5. The summed E-state index contributed by atoms with van der Waals surface area (Å²) in [5.41, 5.74) is 1.46. The molecule has 1 aliphatic heterocycles. The summed E-state index contributed by atoms with van der Waals surface area (Å²) in [4.78, 5) is 19.9. The Morgan fingerprint density at radius 2 is 2.29 bits per heavy atom. The first-order chi connectivity index (χ1) is 8.33. The highest BCUT2D eigenvalue weighted by Gasteiger charge is 2.20. The molecule has 0 aliphatic carbocycles. The number of hydrogen-bond acceptors (Lipinski definition) is 4. The number of aromatic nitrogens is 2. The SMILES string of the molecule is O=C(NC1COC1)c1ccc2ncncc2c1. The number of nitrogens with one attached hydrogen (secondary N) is 1. The molecule has 3 rings (SSSR count). The van der Waals surface area contributed by atoms with Gasteiger partial charge in [-0.25, -0.2) is 9.97 Å². The number of ether oxygens (including phenoxy) is 1. The fourth-order valence-corrected chi connectivity index (χ4v) is 1.71. The van der Waals surface area contributed by atoms with Crippen molar-refractivity contribution in [1.29, 1.82) is 0 Å². The van der Waals surface area contributed by atoms with Crippen LogP contribution in [-0.2, 0) is 4.74 Å². The Kier molecular flexibility index (Phi) is 2.45. The van der Waals surface area contributed by atoms with Crippen LogP contribution in [0.5, 0.6) is 0 Å². The number of rotatable bonds is 2. The summed E-state index contributed by atoms with van der Waals surface area (Å²) < 4.78 is 5.01. The van der Waals surface area contributed by atoms with Gasteiger partial charge in [0.2, 0.25) is 0 Å². The molecule has 1 aromatic heterocycles. The van der Waals surface area contributed by atoms with Gasteiger partial charge in [-0.05, 0) is 18.2 Å². The van der Waals surface area contributed by atoms with E-state index in [0.29, 0.717) is 18.8 Å². The van der Waals surface area contributed by atoms with Gasteiger partial charge in [-0.1, -0.05) is 0 Å². The third-order valence-corrected chi connectivity index (χ3v) is 2.74. The van der Waals surface area contributed by atoms with Gasteiger partial charge in [0.25, 0.3) is 5.91 Å². The fraction of sp³-hybridized carbons (Fsp3) is 0.250. The van der Waals surface area contributed by atoms with Crippen LogP contribution in [0, 0.1) is 0 Å². The van der Waals surface area contributed by atoms with Crippen molar-refractivity contribution in [2.45, 2.75) is 6.04 Å². The van der Waals surface area contributed by atoms with Gasteiger partial charge in [0.15, 0.2) is 0 Å². The highest BCUT2D eigenvalue weighted by Crippen LogP contribution is 2.12. The van der Waals surface area contributed by atoms with Crippen molar-refractivity contribution < 1.29 is 9.53 Å². The van der Waals surface area contributed by atoms with Crippen molar-refractivity contribution >= 4 is 16.8 Å². The zero-order valence-electron chi connectivity index (χ0n) is 9.09. The molecule has 0 spiro atoms. The minimum Gasteiger partial charge on any atom is -0.377 e. The van der Waals surface area contributed by atoms with Crippen LogP contribution in [0.15, 0.2) is 30.7 Å². The van der Waals surface area contributed by atoms with Crippen LogP contribution in [0.4, 0.5) is 0 Å². The molecule has 17 heavy (non-hydrogen) atoms. The molecular formula is C12H11N3O2. The minimum absolute atomic E-state index is 0.0796. The summed E-state index contributed by atoms with van der Waals surface area (Å²) in [7, 11) is 0. The van der Waals surface area contributed by atoms with Crippen molar-refractivity contribution in [3.8, 4) is 0 Å². The molecule has 0 atom stereocenters. The van der Waals surface area contributed by atoms with Crippen LogP contribution in [0.3, 0.4) is 0 Å². The van der Waals surface area contributed by atoms with E-state index in [4.69, 9.17) is 4.74 Å². The average Bonchev–Trinajstić information content (AvgIpc) is 2.33. The number of nitrogens with zero attached hydrogens (tertiary/aromatic N) is 2. The lowest BCUT2D eigenvalue weighted by Gasteiger charge is -2.26. The number of carbonyl (C=O) groups excluding carboxylic acids is 1. The summed E-state index contributed by atoms with van der Waals surface area (Å²) in [5.74, 6) is -0.0796. The second-order valence-corrected chi connectivity index (χ2v) is 4.00. The molecule has 0 bridgehead atoms. The van der Waals surface area contributed by atoms with Crippen molar-refractivity contribution in [2.24, 2.45) is 0 Å². The van der Waals surface area contributed by atoms with Gasteiger partial charge in [-0.3, -0.25) is 4.79 Å². The van der Waals surface area contributed by atoms with Gasteiger partial charge < -0.3 is 10.1 Å². The monoisotopic (exact) mass is 229 g/mol. The molecule has 1 fully saturated rings. The van der Waals surface area contributed by atoms with E-state index >= 15 is 0 Å². The average molecular weight is 229 g/mol. The molecule has 1 aliphatic rings. The van der Waals surface area contributed by atoms with Crippen LogP contribution in [0.1, 0.15) is 10.4 Å². The lowest BCUT2D eigenvalue weighted by Crippen LogP contribution is -2.48. The smallest absolute Gasteiger partial charge is 0.251 e.